The number of rotatable bonds is 5. The molecular weight excluding hydrogens is 365 g/mol. The monoisotopic (exact) mass is 381 g/mol. The number of anilines is 1. The van der Waals surface area contributed by atoms with Crippen molar-refractivity contribution >= 4 is 52.1 Å². The molecular formula is C16H17Cl2N5S. The summed E-state index contributed by atoms with van der Waals surface area (Å²) in [6, 6.07) is 5.47. The van der Waals surface area contributed by atoms with E-state index in [2.05, 4.69) is 28.8 Å². The summed E-state index contributed by atoms with van der Waals surface area (Å²) >= 11 is 13.7. The SMILES string of the molecule is CC(C)Cn1cnc2c(SCc3ccc(Cl)cc3Cl)nc(N)nc21. The van der Waals surface area contributed by atoms with Crippen molar-refractivity contribution < 1.29 is 0 Å². The Hall–Kier alpha value is -1.50. The van der Waals surface area contributed by atoms with E-state index in [-0.39, 0.29) is 5.95 Å². The lowest BCUT2D eigenvalue weighted by atomic mass is 10.2. The maximum Gasteiger partial charge on any atom is 0.223 e. The number of fused-ring (bicyclic) bond motifs is 1. The predicted molar refractivity (Wildman–Crippen MR) is 101 cm³/mol. The maximum atomic E-state index is 6.23. The van der Waals surface area contributed by atoms with Gasteiger partial charge in [0.15, 0.2) is 5.65 Å². The highest BCUT2D eigenvalue weighted by Crippen LogP contribution is 2.31. The van der Waals surface area contributed by atoms with Crippen LogP contribution >= 0.6 is 35.0 Å². The van der Waals surface area contributed by atoms with Crippen molar-refractivity contribution in [3.05, 3.63) is 40.1 Å². The quantitative estimate of drug-likeness (QED) is 0.513. The minimum Gasteiger partial charge on any atom is -0.368 e. The lowest BCUT2D eigenvalue weighted by Gasteiger charge is -2.08. The van der Waals surface area contributed by atoms with Gasteiger partial charge in [-0.05, 0) is 23.6 Å². The Bertz CT molecular complexity index is 878. The Morgan fingerprint density at radius 2 is 2.04 bits per heavy atom. The molecule has 2 N–H and O–H groups in total. The van der Waals surface area contributed by atoms with Gasteiger partial charge in [0.2, 0.25) is 5.95 Å². The molecule has 0 spiro atoms. The summed E-state index contributed by atoms with van der Waals surface area (Å²) < 4.78 is 2.01. The van der Waals surface area contributed by atoms with E-state index >= 15 is 0 Å². The molecule has 126 valence electrons. The van der Waals surface area contributed by atoms with E-state index in [1.165, 1.54) is 11.8 Å². The first kappa shape index (κ1) is 17.3. The number of hydrogen-bond donors (Lipinski definition) is 1. The van der Waals surface area contributed by atoms with Crippen LogP contribution < -0.4 is 5.73 Å². The van der Waals surface area contributed by atoms with Gasteiger partial charge < -0.3 is 10.3 Å². The van der Waals surface area contributed by atoms with Gasteiger partial charge >= 0.3 is 0 Å². The highest BCUT2D eigenvalue weighted by molar-refractivity contribution is 7.98. The zero-order valence-corrected chi connectivity index (χ0v) is 15.7. The fraction of sp³-hybridized carbons (Fsp3) is 0.312. The standard InChI is InChI=1S/C16H17Cl2N5S/c1-9(2)6-23-8-20-13-14(23)21-16(19)22-15(13)24-7-10-3-4-11(17)5-12(10)18/h3-5,8-9H,6-7H2,1-2H3,(H2,19,21,22). The summed E-state index contributed by atoms with van der Waals surface area (Å²) in [6.45, 7) is 5.13. The molecule has 5 nitrogen and oxygen atoms in total. The van der Waals surface area contributed by atoms with Crippen LogP contribution in [0, 0.1) is 5.92 Å². The summed E-state index contributed by atoms with van der Waals surface area (Å²) in [5, 5.41) is 2.01. The lowest BCUT2D eigenvalue weighted by molar-refractivity contribution is 0.530. The van der Waals surface area contributed by atoms with Gasteiger partial charge in [0.1, 0.15) is 10.5 Å². The van der Waals surface area contributed by atoms with Crippen molar-refractivity contribution in [1.29, 1.82) is 0 Å². The van der Waals surface area contributed by atoms with Gasteiger partial charge in [-0.1, -0.05) is 54.9 Å². The topological polar surface area (TPSA) is 69.6 Å². The smallest absolute Gasteiger partial charge is 0.223 e. The third-order valence-corrected chi connectivity index (χ3v) is 4.99. The van der Waals surface area contributed by atoms with E-state index in [1.54, 1.807) is 12.4 Å². The Morgan fingerprint density at radius 1 is 1.25 bits per heavy atom. The van der Waals surface area contributed by atoms with Crippen LogP contribution in [0.1, 0.15) is 19.4 Å². The summed E-state index contributed by atoms with van der Waals surface area (Å²) in [5.74, 6) is 1.39. The number of nitrogens with two attached hydrogens (primary N) is 1. The zero-order chi connectivity index (χ0) is 17.3. The van der Waals surface area contributed by atoms with E-state index < -0.39 is 0 Å². The first-order chi connectivity index (χ1) is 11.4. The Labute approximate surface area is 154 Å². The molecule has 0 atom stereocenters. The number of aromatic nitrogens is 4. The van der Waals surface area contributed by atoms with Crippen LogP contribution in [0.2, 0.25) is 10.0 Å². The molecule has 0 saturated heterocycles. The molecule has 2 heterocycles. The number of thioether (sulfide) groups is 1. The predicted octanol–water partition coefficient (Wildman–Crippen LogP) is 4.66. The Kier molecular flexibility index (Phi) is 5.18. The van der Waals surface area contributed by atoms with Crippen molar-refractivity contribution in [1.82, 2.24) is 19.5 Å². The molecule has 8 heteroatoms. The Morgan fingerprint density at radius 3 is 2.75 bits per heavy atom. The van der Waals surface area contributed by atoms with Gasteiger partial charge in [0.25, 0.3) is 0 Å². The molecule has 0 aliphatic carbocycles. The van der Waals surface area contributed by atoms with Crippen LogP contribution in [0.5, 0.6) is 0 Å². The number of halogens is 2. The van der Waals surface area contributed by atoms with Gasteiger partial charge in [-0.15, -0.1) is 0 Å². The van der Waals surface area contributed by atoms with E-state index in [0.29, 0.717) is 21.7 Å². The number of hydrogen-bond acceptors (Lipinski definition) is 5. The molecule has 0 amide bonds. The molecule has 0 aliphatic rings. The lowest BCUT2D eigenvalue weighted by Crippen LogP contribution is -2.05. The highest BCUT2D eigenvalue weighted by Gasteiger charge is 2.14. The molecule has 0 aliphatic heterocycles. The first-order valence-corrected chi connectivity index (χ1v) is 9.23. The number of nitrogen functional groups attached to an aromatic ring is 1. The molecule has 0 bridgehead atoms. The van der Waals surface area contributed by atoms with Crippen LogP contribution in [0.15, 0.2) is 29.6 Å². The van der Waals surface area contributed by atoms with Crippen molar-refractivity contribution in [2.45, 2.75) is 31.2 Å². The molecule has 24 heavy (non-hydrogen) atoms. The summed E-state index contributed by atoms with van der Waals surface area (Å²) in [4.78, 5) is 13.2. The summed E-state index contributed by atoms with van der Waals surface area (Å²) in [7, 11) is 0. The Balaban J connectivity index is 1.90. The largest absolute Gasteiger partial charge is 0.368 e. The second-order valence-corrected chi connectivity index (χ2v) is 7.68. The van der Waals surface area contributed by atoms with Crippen LogP contribution in [-0.2, 0) is 12.3 Å². The number of nitrogens with zero attached hydrogens (tertiary/aromatic N) is 4. The van der Waals surface area contributed by atoms with Crippen molar-refractivity contribution in [3.63, 3.8) is 0 Å². The minimum absolute atomic E-state index is 0.248. The molecule has 0 saturated carbocycles. The first-order valence-electron chi connectivity index (χ1n) is 7.49. The molecule has 2 aromatic heterocycles. The fourth-order valence-corrected chi connectivity index (χ4v) is 3.88. The zero-order valence-electron chi connectivity index (χ0n) is 13.3. The van der Waals surface area contributed by atoms with Crippen LogP contribution in [-0.4, -0.2) is 19.5 Å². The van der Waals surface area contributed by atoms with E-state index in [9.17, 15) is 0 Å². The second-order valence-electron chi connectivity index (χ2n) is 5.87. The highest BCUT2D eigenvalue weighted by atomic mass is 35.5. The molecule has 1 aromatic carbocycles. The second kappa shape index (κ2) is 7.17. The van der Waals surface area contributed by atoms with Crippen molar-refractivity contribution in [2.75, 3.05) is 5.73 Å². The average molecular weight is 382 g/mol. The number of benzene rings is 1. The number of imidazole rings is 1. The third-order valence-electron chi connectivity index (χ3n) is 3.39. The van der Waals surface area contributed by atoms with E-state index in [0.717, 1.165) is 28.3 Å². The van der Waals surface area contributed by atoms with Crippen LogP contribution in [0.25, 0.3) is 11.2 Å². The summed E-state index contributed by atoms with van der Waals surface area (Å²) in [6.07, 6.45) is 1.79. The van der Waals surface area contributed by atoms with Gasteiger partial charge in [0.05, 0.1) is 6.33 Å². The maximum absolute atomic E-state index is 6.23. The third kappa shape index (κ3) is 3.77. The van der Waals surface area contributed by atoms with Gasteiger partial charge in [0, 0.05) is 22.3 Å². The molecule has 3 rings (SSSR count). The molecule has 3 aromatic rings. The summed E-state index contributed by atoms with van der Waals surface area (Å²) in [5.41, 5.74) is 8.39. The fourth-order valence-electron chi connectivity index (χ4n) is 2.35. The normalized spacial score (nSPS) is 11.5. The minimum atomic E-state index is 0.248. The molecule has 0 unspecified atom stereocenters. The molecule has 0 radical (unpaired) electrons. The van der Waals surface area contributed by atoms with Crippen LogP contribution in [0.3, 0.4) is 0 Å². The van der Waals surface area contributed by atoms with E-state index in [4.69, 9.17) is 28.9 Å². The molecule has 0 fully saturated rings. The van der Waals surface area contributed by atoms with Crippen molar-refractivity contribution in [3.8, 4) is 0 Å². The van der Waals surface area contributed by atoms with Gasteiger partial charge in [-0.3, -0.25) is 0 Å². The van der Waals surface area contributed by atoms with Crippen molar-refractivity contribution in [2.24, 2.45) is 5.92 Å². The van der Waals surface area contributed by atoms with E-state index in [1.807, 2.05) is 16.7 Å². The average Bonchev–Trinajstić information content (AvgIpc) is 2.88. The van der Waals surface area contributed by atoms with Crippen LogP contribution in [0.4, 0.5) is 5.95 Å². The van der Waals surface area contributed by atoms with Gasteiger partial charge in [-0.25, -0.2) is 9.97 Å². The van der Waals surface area contributed by atoms with Gasteiger partial charge in [-0.2, -0.15) is 4.98 Å².